The van der Waals surface area contributed by atoms with E-state index in [0.29, 0.717) is 17.7 Å². The topological polar surface area (TPSA) is 116 Å². The third kappa shape index (κ3) is 7.51. The minimum absolute atomic E-state index is 0.0572. The lowest BCUT2D eigenvalue weighted by Gasteiger charge is -2.40. The van der Waals surface area contributed by atoms with Crippen LogP contribution in [-0.4, -0.2) is 70.7 Å². The lowest BCUT2D eigenvalue weighted by molar-refractivity contribution is -0.149. The summed E-state index contributed by atoms with van der Waals surface area (Å²) in [6, 6.07) is 6.49. The van der Waals surface area contributed by atoms with E-state index < -0.39 is 35.8 Å². The van der Waals surface area contributed by atoms with E-state index in [2.05, 4.69) is 27.9 Å². The molecule has 0 heterocycles. The maximum absolute atomic E-state index is 13.0. The molecule has 1 aromatic rings. The highest BCUT2D eigenvalue weighted by Gasteiger charge is 2.41. The molecule has 8 nitrogen and oxygen atoms in total. The summed E-state index contributed by atoms with van der Waals surface area (Å²) < 4.78 is 6.90. The summed E-state index contributed by atoms with van der Waals surface area (Å²) in [6.45, 7) is 5.80. The van der Waals surface area contributed by atoms with E-state index in [-0.39, 0.29) is 38.5 Å². The van der Waals surface area contributed by atoms with E-state index in [9.17, 15) is 19.5 Å². The van der Waals surface area contributed by atoms with Crippen molar-refractivity contribution >= 4 is 40.2 Å². The third-order valence-electron chi connectivity index (χ3n) is 5.48. The summed E-state index contributed by atoms with van der Waals surface area (Å²) in [5, 5.41) is 22.9. The van der Waals surface area contributed by atoms with Crippen LogP contribution >= 0.6 is 22.6 Å². The second-order valence-electron chi connectivity index (χ2n) is 8.40. The molecule has 1 aromatic carbocycles. The highest BCUT2D eigenvalue weighted by molar-refractivity contribution is 14.1. The molecule has 0 radical (unpaired) electrons. The van der Waals surface area contributed by atoms with Gasteiger partial charge in [-0.2, -0.15) is 0 Å². The van der Waals surface area contributed by atoms with E-state index in [1.165, 1.54) is 4.90 Å². The molecular formula is C24H33IN2O6. The van der Waals surface area contributed by atoms with E-state index >= 15 is 0 Å². The number of carbonyl (C=O) groups is 3. The number of hydrogen-bond acceptors (Lipinski definition) is 6. The number of ketones is 1. The van der Waals surface area contributed by atoms with Crippen molar-refractivity contribution < 1.29 is 29.3 Å². The number of halogens is 1. The fourth-order valence-electron chi connectivity index (χ4n) is 3.59. The van der Waals surface area contributed by atoms with Crippen LogP contribution in [0.3, 0.4) is 0 Å². The first-order valence-corrected chi connectivity index (χ1v) is 12.3. The van der Waals surface area contributed by atoms with E-state index in [0.717, 1.165) is 3.57 Å². The van der Waals surface area contributed by atoms with Crippen molar-refractivity contribution in [1.29, 1.82) is 0 Å². The molecule has 9 heteroatoms. The molecule has 2 rings (SSSR count). The Morgan fingerprint density at radius 2 is 1.97 bits per heavy atom. The molecule has 1 aliphatic rings. The van der Waals surface area contributed by atoms with Crippen LogP contribution in [0.4, 0.5) is 0 Å². The summed E-state index contributed by atoms with van der Waals surface area (Å²) in [6.07, 6.45) is 0.289. The van der Waals surface area contributed by atoms with Gasteiger partial charge in [0, 0.05) is 31.5 Å². The molecule has 3 N–H and O–H groups in total. The highest BCUT2D eigenvalue weighted by atomic mass is 127. The summed E-state index contributed by atoms with van der Waals surface area (Å²) in [5.74, 6) is -0.790. The molecule has 0 spiro atoms. The number of para-hydroxylation sites is 1. The Balaban J connectivity index is 2.42. The second kappa shape index (κ2) is 13.0. The van der Waals surface area contributed by atoms with Crippen LogP contribution in [0.15, 0.2) is 35.9 Å². The molecule has 0 fully saturated rings. The van der Waals surface area contributed by atoms with Gasteiger partial charge < -0.3 is 25.2 Å². The summed E-state index contributed by atoms with van der Waals surface area (Å²) in [4.78, 5) is 39.4. The molecule has 0 saturated heterocycles. The van der Waals surface area contributed by atoms with Crippen LogP contribution in [0.5, 0.6) is 5.75 Å². The quantitative estimate of drug-likeness (QED) is 0.276. The number of Topliss-reactive ketones (excluding diaryl/α,β-unsaturated/α-hetero) is 1. The third-order valence-corrected chi connectivity index (χ3v) is 6.37. The van der Waals surface area contributed by atoms with Crippen LogP contribution in [0.2, 0.25) is 0 Å². The Labute approximate surface area is 208 Å². The van der Waals surface area contributed by atoms with Crippen molar-refractivity contribution in [2.24, 2.45) is 5.92 Å². The summed E-state index contributed by atoms with van der Waals surface area (Å²) >= 11 is 2.12. The number of benzene rings is 1. The van der Waals surface area contributed by atoms with Crippen molar-refractivity contribution in [2.75, 3.05) is 19.7 Å². The first-order chi connectivity index (χ1) is 15.7. The maximum atomic E-state index is 13.0. The van der Waals surface area contributed by atoms with Gasteiger partial charge in [0.25, 0.3) is 5.91 Å². The van der Waals surface area contributed by atoms with Gasteiger partial charge in [0.15, 0.2) is 0 Å². The second-order valence-corrected chi connectivity index (χ2v) is 9.57. The van der Waals surface area contributed by atoms with Crippen molar-refractivity contribution in [3.05, 3.63) is 39.5 Å². The van der Waals surface area contributed by atoms with Gasteiger partial charge >= 0.3 is 0 Å². The number of ether oxygens (including phenoxy) is 1. The van der Waals surface area contributed by atoms with Gasteiger partial charge in [0.2, 0.25) is 11.7 Å². The number of amides is 2. The average Bonchev–Trinajstić information content (AvgIpc) is 2.79. The Morgan fingerprint density at radius 1 is 1.27 bits per heavy atom. The number of rotatable bonds is 11. The zero-order chi connectivity index (χ0) is 24.5. The zero-order valence-corrected chi connectivity index (χ0v) is 21.4. The maximum Gasteiger partial charge on any atom is 0.290 e. The fraction of sp³-hybridized carbons (Fsp3) is 0.542. The Bertz CT molecular complexity index is 872. The van der Waals surface area contributed by atoms with Crippen LogP contribution in [0, 0.1) is 9.49 Å². The largest absolute Gasteiger partial charge is 0.482 e. The smallest absolute Gasteiger partial charge is 0.290 e. The first-order valence-electron chi connectivity index (χ1n) is 11.2. The van der Waals surface area contributed by atoms with Crippen molar-refractivity contribution in [1.82, 2.24) is 10.2 Å². The summed E-state index contributed by atoms with van der Waals surface area (Å²) in [5.41, 5.74) is 0.334. The van der Waals surface area contributed by atoms with Gasteiger partial charge in [0.1, 0.15) is 18.0 Å². The molecule has 0 bridgehead atoms. The highest BCUT2D eigenvalue weighted by Crippen LogP contribution is 2.30. The Hall–Kier alpha value is -1.98. The average molecular weight is 572 g/mol. The molecule has 3 atom stereocenters. The van der Waals surface area contributed by atoms with E-state index in [1.54, 1.807) is 25.1 Å². The van der Waals surface area contributed by atoms with Crippen LogP contribution < -0.4 is 10.1 Å². The Morgan fingerprint density at radius 3 is 2.58 bits per heavy atom. The van der Waals surface area contributed by atoms with Gasteiger partial charge in [-0.3, -0.25) is 14.4 Å². The van der Waals surface area contributed by atoms with Crippen molar-refractivity contribution in [2.45, 2.75) is 58.3 Å². The standard InChI is InChI=1S/C24H33IN2O6/c1-4-19(29)24(32)27(11-9-15(2)3)18-13-16(23(31)26-10-12-28)14-21(22(18)30)33-20-8-6-5-7-17(20)25/h5-8,14-15,18,21-22,28,30H,4,9-13H2,1-3H3,(H,26,31)/t18-,21+,22+/m1/s1. The molecule has 1 aliphatic carbocycles. The minimum Gasteiger partial charge on any atom is -0.482 e. The van der Waals surface area contributed by atoms with Gasteiger partial charge in [0.05, 0.1) is 16.2 Å². The minimum atomic E-state index is -1.14. The number of nitrogens with zero attached hydrogens (tertiary/aromatic N) is 1. The molecule has 0 aliphatic heterocycles. The Kier molecular flexibility index (Phi) is 10.8. The molecular weight excluding hydrogens is 539 g/mol. The number of aliphatic hydroxyl groups excluding tert-OH is 2. The number of aliphatic hydroxyl groups is 2. The first kappa shape index (κ1) is 27.3. The van der Waals surface area contributed by atoms with E-state index in [4.69, 9.17) is 9.84 Å². The lowest BCUT2D eigenvalue weighted by atomic mass is 9.87. The van der Waals surface area contributed by atoms with Crippen molar-refractivity contribution in [3.63, 3.8) is 0 Å². The van der Waals surface area contributed by atoms with Crippen LogP contribution in [0.25, 0.3) is 0 Å². The molecule has 0 unspecified atom stereocenters. The predicted molar refractivity (Wildman–Crippen MR) is 133 cm³/mol. The van der Waals surface area contributed by atoms with Gasteiger partial charge in [-0.1, -0.05) is 32.9 Å². The SMILES string of the molecule is CCC(=O)C(=O)N(CCC(C)C)[C@@H]1CC(C(=O)NCCO)=C[C@H](Oc2ccccc2I)[C@H]1O. The molecule has 33 heavy (non-hydrogen) atoms. The predicted octanol–water partition coefficient (Wildman–Crippen LogP) is 2.06. The van der Waals surface area contributed by atoms with Gasteiger partial charge in [-0.25, -0.2) is 0 Å². The normalized spacial score (nSPS) is 20.2. The molecule has 0 saturated carbocycles. The lowest BCUT2D eigenvalue weighted by Crippen LogP contribution is -2.56. The van der Waals surface area contributed by atoms with Crippen molar-refractivity contribution in [3.8, 4) is 5.75 Å². The molecule has 0 aromatic heterocycles. The zero-order valence-electron chi connectivity index (χ0n) is 19.3. The number of carbonyl (C=O) groups excluding carboxylic acids is 3. The van der Waals surface area contributed by atoms with Crippen LogP contribution in [0.1, 0.15) is 40.0 Å². The van der Waals surface area contributed by atoms with Gasteiger partial charge in [-0.05, 0) is 53.1 Å². The fourth-order valence-corrected chi connectivity index (χ4v) is 4.11. The van der Waals surface area contributed by atoms with E-state index in [1.807, 2.05) is 26.0 Å². The van der Waals surface area contributed by atoms with Crippen LogP contribution in [-0.2, 0) is 14.4 Å². The number of nitrogens with one attached hydrogen (secondary N) is 1. The summed E-state index contributed by atoms with van der Waals surface area (Å²) in [7, 11) is 0. The molecule has 2 amide bonds. The molecule has 182 valence electrons. The number of hydrogen-bond donors (Lipinski definition) is 3. The monoisotopic (exact) mass is 572 g/mol. The van der Waals surface area contributed by atoms with Gasteiger partial charge in [-0.15, -0.1) is 0 Å².